The van der Waals surface area contributed by atoms with Crippen LogP contribution in [-0.2, 0) is 4.79 Å². The Morgan fingerprint density at radius 3 is 2.53 bits per heavy atom. The average molecular weight is 210 g/mol. The number of rotatable bonds is 3. The zero-order valence-electron chi connectivity index (χ0n) is 8.83. The van der Waals surface area contributed by atoms with Gasteiger partial charge in [0.05, 0.1) is 12.1 Å². The molecule has 4 heteroatoms. The Balaban J connectivity index is 2.73. The molecule has 0 aliphatic heterocycles. The van der Waals surface area contributed by atoms with Gasteiger partial charge in [-0.1, -0.05) is 18.2 Å². The molecule has 0 aliphatic carbocycles. The molecule has 3 N–H and O–H groups in total. The summed E-state index contributed by atoms with van der Waals surface area (Å²) in [5.74, 6) is -0.610. The predicted molar refractivity (Wildman–Crippen MR) is 56.6 cm³/mol. The van der Waals surface area contributed by atoms with Crippen molar-refractivity contribution in [1.29, 1.82) is 0 Å². The highest BCUT2D eigenvalue weighted by molar-refractivity contribution is 5.81. The maximum atomic E-state index is 13.3. The van der Waals surface area contributed by atoms with Crippen molar-refractivity contribution >= 4 is 5.91 Å². The van der Waals surface area contributed by atoms with Crippen molar-refractivity contribution in [3.63, 3.8) is 0 Å². The molecule has 0 aliphatic rings. The lowest BCUT2D eigenvalue weighted by molar-refractivity contribution is -0.122. The molecule has 0 radical (unpaired) electrons. The molecule has 0 spiro atoms. The largest absolute Gasteiger partial charge is 0.348 e. The Morgan fingerprint density at radius 1 is 1.40 bits per heavy atom. The maximum absolute atomic E-state index is 13.3. The molecule has 1 aromatic carbocycles. The van der Waals surface area contributed by atoms with E-state index in [2.05, 4.69) is 5.32 Å². The third kappa shape index (κ3) is 3.02. The summed E-state index contributed by atoms with van der Waals surface area (Å²) in [6.07, 6.45) is 0. The third-order valence-corrected chi connectivity index (χ3v) is 2.14. The summed E-state index contributed by atoms with van der Waals surface area (Å²) in [4.78, 5) is 11.3. The summed E-state index contributed by atoms with van der Waals surface area (Å²) in [6, 6.07) is 5.39. The molecule has 0 fully saturated rings. The van der Waals surface area contributed by atoms with Crippen molar-refractivity contribution in [1.82, 2.24) is 5.32 Å². The molecule has 1 aromatic rings. The predicted octanol–water partition coefficient (Wildman–Crippen LogP) is 1.35. The van der Waals surface area contributed by atoms with E-state index in [-0.39, 0.29) is 17.8 Å². The Labute approximate surface area is 88.5 Å². The van der Waals surface area contributed by atoms with Crippen molar-refractivity contribution in [3.8, 4) is 0 Å². The van der Waals surface area contributed by atoms with Crippen LogP contribution in [0.3, 0.4) is 0 Å². The minimum absolute atomic E-state index is 0.286. The second-order valence-corrected chi connectivity index (χ2v) is 3.54. The second kappa shape index (κ2) is 4.89. The number of hydrogen-bond acceptors (Lipinski definition) is 2. The molecule has 0 heterocycles. The van der Waals surface area contributed by atoms with Crippen molar-refractivity contribution in [2.75, 3.05) is 0 Å². The molecule has 1 rings (SSSR count). The quantitative estimate of drug-likeness (QED) is 0.791. The fourth-order valence-corrected chi connectivity index (χ4v) is 1.25. The van der Waals surface area contributed by atoms with Gasteiger partial charge in [0, 0.05) is 5.56 Å². The lowest BCUT2D eigenvalue weighted by Crippen LogP contribution is -2.39. The fourth-order valence-electron chi connectivity index (χ4n) is 1.25. The van der Waals surface area contributed by atoms with Crippen molar-refractivity contribution < 1.29 is 9.18 Å². The maximum Gasteiger partial charge on any atom is 0.237 e. The van der Waals surface area contributed by atoms with Crippen LogP contribution in [0.2, 0.25) is 0 Å². The van der Waals surface area contributed by atoms with Gasteiger partial charge in [-0.05, 0) is 19.9 Å². The third-order valence-electron chi connectivity index (χ3n) is 2.14. The summed E-state index contributed by atoms with van der Waals surface area (Å²) < 4.78 is 13.3. The minimum atomic E-state index is -0.584. The molecule has 15 heavy (non-hydrogen) atoms. The minimum Gasteiger partial charge on any atom is -0.348 e. The summed E-state index contributed by atoms with van der Waals surface area (Å²) >= 11 is 0. The molecule has 0 aromatic heterocycles. The second-order valence-electron chi connectivity index (χ2n) is 3.54. The average Bonchev–Trinajstić information content (AvgIpc) is 2.18. The van der Waals surface area contributed by atoms with E-state index in [9.17, 15) is 9.18 Å². The highest BCUT2D eigenvalue weighted by atomic mass is 19.1. The van der Waals surface area contributed by atoms with Gasteiger partial charge in [-0.15, -0.1) is 0 Å². The van der Waals surface area contributed by atoms with Crippen LogP contribution in [0.4, 0.5) is 4.39 Å². The number of nitrogens with one attached hydrogen (secondary N) is 1. The summed E-state index contributed by atoms with van der Waals surface area (Å²) in [5.41, 5.74) is 5.86. The lowest BCUT2D eigenvalue weighted by atomic mass is 10.1. The van der Waals surface area contributed by atoms with Crippen LogP contribution in [-0.4, -0.2) is 11.9 Å². The Bertz CT molecular complexity index is 352. The highest BCUT2D eigenvalue weighted by Crippen LogP contribution is 2.15. The summed E-state index contributed by atoms with van der Waals surface area (Å²) in [5, 5.41) is 2.63. The van der Waals surface area contributed by atoms with Gasteiger partial charge in [0.2, 0.25) is 5.91 Å². The molecular weight excluding hydrogens is 195 g/mol. The number of carbonyl (C=O) groups excluding carboxylic acids is 1. The number of amides is 1. The van der Waals surface area contributed by atoms with E-state index in [1.54, 1.807) is 32.0 Å². The monoisotopic (exact) mass is 210 g/mol. The molecule has 0 saturated heterocycles. The van der Waals surface area contributed by atoms with Gasteiger partial charge in [0.1, 0.15) is 5.82 Å². The first-order valence-corrected chi connectivity index (χ1v) is 4.82. The standard InChI is InChI=1S/C11H15FN2O/c1-7(13)11(15)14-8(2)9-5-3-4-6-10(9)12/h3-8H,13H2,1-2H3,(H,14,15)/t7?,8-/m1/s1. The first kappa shape index (κ1) is 11.7. The zero-order valence-corrected chi connectivity index (χ0v) is 8.83. The molecule has 0 saturated carbocycles. The SMILES string of the molecule is CC(N)C(=O)N[C@H](C)c1ccccc1F. The Kier molecular flexibility index (Phi) is 3.80. The van der Waals surface area contributed by atoms with Crippen LogP contribution in [0.15, 0.2) is 24.3 Å². The van der Waals surface area contributed by atoms with Crippen LogP contribution >= 0.6 is 0 Å². The van der Waals surface area contributed by atoms with E-state index < -0.39 is 6.04 Å². The van der Waals surface area contributed by atoms with Gasteiger partial charge >= 0.3 is 0 Å². The van der Waals surface area contributed by atoms with E-state index in [0.29, 0.717) is 5.56 Å². The van der Waals surface area contributed by atoms with Crippen LogP contribution in [0.25, 0.3) is 0 Å². The van der Waals surface area contributed by atoms with Crippen LogP contribution in [0.1, 0.15) is 25.5 Å². The fraction of sp³-hybridized carbons (Fsp3) is 0.364. The van der Waals surface area contributed by atoms with Gasteiger partial charge < -0.3 is 11.1 Å². The van der Waals surface area contributed by atoms with Crippen molar-refractivity contribution in [2.45, 2.75) is 25.9 Å². The van der Waals surface area contributed by atoms with Crippen molar-refractivity contribution in [2.24, 2.45) is 5.73 Å². The van der Waals surface area contributed by atoms with Crippen LogP contribution in [0.5, 0.6) is 0 Å². The first-order valence-electron chi connectivity index (χ1n) is 4.82. The molecule has 1 amide bonds. The molecule has 82 valence electrons. The van der Waals surface area contributed by atoms with E-state index in [1.807, 2.05) is 0 Å². The molecule has 2 atom stereocenters. The molecule has 1 unspecified atom stereocenters. The molecule has 3 nitrogen and oxygen atoms in total. The Hall–Kier alpha value is -1.42. The van der Waals surface area contributed by atoms with Crippen LogP contribution < -0.4 is 11.1 Å². The number of benzene rings is 1. The van der Waals surface area contributed by atoms with Gasteiger partial charge in [0.15, 0.2) is 0 Å². The summed E-state index contributed by atoms with van der Waals surface area (Å²) in [7, 11) is 0. The van der Waals surface area contributed by atoms with E-state index in [1.165, 1.54) is 6.07 Å². The van der Waals surface area contributed by atoms with Gasteiger partial charge in [-0.25, -0.2) is 4.39 Å². The number of hydrogen-bond donors (Lipinski definition) is 2. The van der Waals surface area contributed by atoms with E-state index in [4.69, 9.17) is 5.73 Å². The first-order chi connectivity index (χ1) is 7.02. The molecular formula is C11H15FN2O. The summed E-state index contributed by atoms with van der Waals surface area (Å²) in [6.45, 7) is 3.31. The zero-order chi connectivity index (χ0) is 11.4. The number of nitrogens with two attached hydrogens (primary N) is 1. The van der Waals surface area contributed by atoms with Crippen LogP contribution in [0, 0.1) is 5.82 Å². The highest BCUT2D eigenvalue weighted by Gasteiger charge is 2.14. The van der Waals surface area contributed by atoms with Crippen molar-refractivity contribution in [3.05, 3.63) is 35.6 Å². The lowest BCUT2D eigenvalue weighted by Gasteiger charge is -2.16. The van der Waals surface area contributed by atoms with E-state index in [0.717, 1.165) is 0 Å². The molecule has 0 bridgehead atoms. The number of halogens is 1. The van der Waals surface area contributed by atoms with Gasteiger partial charge in [-0.3, -0.25) is 4.79 Å². The number of carbonyl (C=O) groups is 1. The smallest absolute Gasteiger partial charge is 0.237 e. The topological polar surface area (TPSA) is 55.1 Å². The van der Waals surface area contributed by atoms with Gasteiger partial charge in [0.25, 0.3) is 0 Å². The van der Waals surface area contributed by atoms with E-state index >= 15 is 0 Å². The Morgan fingerprint density at radius 2 is 2.00 bits per heavy atom. The normalized spacial score (nSPS) is 14.4. The van der Waals surface area contributed by atoms with Gasteiger partial charge in [-0.2, -0.15) is 0 Å².